The quantitative estimate of drug-likeness (QED) is 0.342. The summed E-state index contributed by atoms with van der Waals surface area (Å²) in [5.74, 6) is 0.126. The number of aryl methyl sites for hydroxylation is 1. The van der Waals surface area contributed by atoms with Crippen molar-refractivity contribution in [1.82, 2.24) is 0 Å². The van der Waals surface area contributed by atoms with Gasteiger partial charge in [0.25, 0.3) is 0 Å². The third kappa shape index (κ3) is 2.95. The second kappa shape index (κ2) is 5.36. The van der Waals surface area contributed by atoms with E-state index in [0.29, 0.717) is 13.2 Å². The molecular weight excluding hydrogens is 192 g/mol. The molecule has 0 atom stereocenters. The van der Waals surface area contributed by atoms with Crippen LogP contribution >= 0.6 is 0 Å². The monoisotopic (exact) mass is 208 g/mol. The number of oxime groups is 1. The maximum Gasteiger partial charge on any atom is 0.170 e. The van der Waals surface area contributed by atoms with E-state index in [1.165, 1.54) is 0 Å². The Morgan fingerprint density at radius 1 is 1.53 bits per heavy atom. The SMILES string of the molecule is CCOCc1ccc(/C(N)=N/O)cc1C. The molecule has 0 fully saturated rings. The molecule has 1 aromatic rings. The maximum atomic E-state index is 8.53. The van der Waals surface area contributed by atoms with Crippen molar-refractivity contribution in [2.24, 2.45) is 10.9 Å². The lowest BCUT2D eigenvalue weighted by atomic mass is 10.1. The van der Waals surface area contributed by atoms with Gasteiger partial charge in [-0.3, -0.25) is 0 Å². The first-order chi connectivity index (χ1) is 7.19. The Hall–Kier alpha value is -1.55. The van der Waals surface area contributed by atoms with E-state index in [-0.39, 0.29) is 5.84 Å². The van der Waals surface area contributed by atoms with Crippen LogP contribution in [0.4, 0.5) is 0 Å². The molecule has 0 aromatic heterocycles. The summed E-state index contributed by atoms with van der Waals surface area (Å²) < 4.78 is 5.32. The van der Waals surface area contributed by atoms with Gasteiger partial charge < -0.3 is 15.7 Å². The van der Waals surface area contributed by atoms with E-state index in [4.69, 9.17) is 15.7 Å². The Morgan fingerprint density at radius 2 is 2.27 bits per heavy atom. The number of hydrogen-bond acceptors (Lipinski definition) is 3. The minimum atomic E-state index is 0.126. The van der Waals surface area contributed by atoms with Crippen molar-refractivity contribution in [1.29, 1.82) is 0 Å². The van der Waals surface area contributed by atoms with Gasteiger partial charge in [-0.25, -0.2) is 0 Å². The largest absolute Gasteiger partial charge is 0.409 e. The summed E-state index contributed by atoms with van der Waals surface area (Å²) in [6.45, 7) is 5.23. The summed E-state index contributed by atoms with van der Waals surface area (Å²) in [4.78, 5) is 0. The van der Waals surface area contributed by atoms with Gasteiger partial charge in [0.1, 0.15) is 0 Å². The summed E-state index contributed by atoms with van der Waals surface area (Å²) in [6.07, 6.45) is 0. The van der Waals surface area contributed by atoms with E-state index in [9.17, 15) is 0 Å². The van der Waals surface area contributed by atoms with Gasteiger partial charge >= 0.3 is 0 Å². The van der Waals surface area contributed by atoms with E-state index < -0.39 is 0 Å². The van der Waals surface area contributed by atoms with Gasteiger partial charge in [0, 0.05) is 12.2 Å². The molecule has 1 rings (SSSR count). The Balaban J connectivity index is 2.88. The molecule has 0 spiro atoms. The first-order valence-corrected chi connectivity index (χ1v) is 4.84. The molecule has 82 valence electrons. The van der Waals surface area contributed by atoms with Crippen LogP contribution < -0.4 is 5.73 Å². The van der Waals surface area contributed by atoms with Crippen LogP contribution in [-0.4, -0.2) is 17.6 Å². The van der Waals surface area contributed by atoms with Crippen LogP contribution in [0.3, 0.4) is 0 Å². The molecule has 1 aromatic carbocycles. The third-order valence-corrected chi connectivity index (χ3v) is 2.21. The van der Waals surface area contributed by atoms with Crippen LogP contribution in [0.25, 0.3) is 0 Å². The summed E-state index contributed by atoms with van der Waals surface area (Å²) in [5, 5.41) is 11.5. The van der Waals surface area contributed by atoms with Gasteiger partial charge in [0.15, 0.2) is 5.84 Å². The smallest absolute Gasteiger partial charge is 0.170 e. The fraction of sp³-hybridized carbons (Fsp3) is 0.364. The standard InChI is InChI=1S/C11H16N2O2/c1-3-15-7-10-5-4-9(6-8(10)2)11(12)13-14/h4-6,14H,3,7H2,1-2H3,(H2,12,13). The van der Waals surface area contributed by atoms with Crippen LogP contribution in [0.15, 0.2) is 23.4 Å². The van der Waals surface area contributed by atoms with Crippen molar-refractivity contribution in [3.8, 4) is 0 Å². The molecule has 0 aliphatic heterocycles. The van der Waals surface area contributed by atoms with Crippen molar-refractivity contribution in [3.05, 3.63) is 34.9 Å². The minimum absolute atomic E-state index is 0.126. The molecule has 0 bridgehead atoms. The highest BCUT2D eigenvalue weighted by atomic mass is 16.5. The van der Waals surface area contributed by atoms with Gasteiger partial charge in [-0.1, -0.05) is 17.3 Å². The van der Waals surface area contributed by atoms with Gasteiger partial charge in [0.05, 0.1) is 6.61 Å². The van der Waals surface area contributed by atoms with Gasteiger partial charge in [-0.15, -0.1) is 0 Å². The zero-order chi connectivity index (χ0) is 11.3. The van der Waals surface area contributed by atoms with Crippen molar-refractivity contribution < 1.29 is 9.94 Å². The van der Waals surface area contributed by atoms with Crippen LogP contribution in [0.2, 0.25) is 0 Å². The summed E-state index contributed by atoms with van der Waals surface area (Å²) in [7, 11) is 0. The number of hydrogen-bond donors (Lipinski definition) is 2. The number of benzene rings is 1. The van der Waals surface area contributed by atoms with Crippen molar-refractivity contribution in [2.45, 2.75) is 20.5 Å². The molecule has 0 amide bonds. The molecule has 3 N–H and O–H groups in total. The second-order valence-corrected chi connectivity index (χ2v) is 3.26. The summed E-state index contributed by atoms with van der Waals surface area (Å²) >= 11 is 0. The molecule has 0 radical (unpaired) electrons. The number of ether oxygens (including phenoxy) is 1. The van der Waals surface area contributed by atoms with Crippen LogP contribution in [0.5, 0.6) is 0 Å². The van der Waals surface area contributed by atoms with Gasteiger partial charge in [0.2, 0.25) is 0 Å². The predicted octanol–water partition coefficient (Wildman–Crippen LogP) is 1.63. The van der Waals surface area contributed by atoms with Crippen LogP contribution in [0.1, 0.15) is 23.6 Å². The van der Waals surface area contributed by atoms with E-state index >= 15 is 0 Å². The van der Waals surface area contributed by atoms with E-state index in [1.54, 1.807) is 0 Å². The fourth-order valence-corrected chi connectivity index (χ4v) is 1.29. The molecule has 0 saturated carbocycles. The number of amidine groups is 1. The average Bonchev–Trinajstić information content (AvgIpc) is 2.26. The Bertz CT molecular complexity index is 362. The third-order valence-electron chi connectivity index (χ3n) is 2.21. The van der Waals surface area contributed by atoms with Crippen molar-refractivity contribution in [3.63, 3.8) is 0 Å². The van der Waals surface area contributed by atoms with E-state index in [0.717, 1.165) is 16.7 Å². The Labute approximate surface area is 89.4 Å². The highest BCUT2D eigenvalue weighted by Crippen LogP contribution is 2.12. The lowest BCUT2D eigenvalue weighted by Gasteiger charge is -2.07. The Kier molecular flexibility index (Phi) is 4.12. The zero-order valence-electron chi connectivity index (χ0n) is 9.03. The molecule has 4 nitrogen and oxygen atoms in total. The highest BCUT2D eigenvalue weighted by Gasteiger charge is 2.03. The van der Waals surface area contributed by atoms with E-state index in [2.05, 4.69) is 5.16 Å². The number of rotatable bonds is 4. The first kappa shape index (κ1) is 11.5. The van der Waals surface area contributed by atoms with Crippen molar-refractivity contribution >= 4 is 5.84 Å². The molecule has 4 heteroatoms. The summed E-state index contributed by atoms with van der Waals surface area (Å²) in [6, 6.07) is 5.62. The molecule has 0 saturated heterocycles. The molecule has 0 heterocycles. The van der Waals surface area contributed by atoms with Crippen LogP contribution in [-0.2, 0) is 11.3 Å². The lowest BCUT2D eigenvalue weighted by molar-refractivity contribution is 0.133. The van der Waals surface area contributed by atoms with Gasteiger partial charge in [-0.2, -0.15) is 0 Å². The average molecular weight is 208 g/mol. The second-order valence-electron chi connectivity index (χ2n) is 3.26. The highest BCUT2D eigenvalue weighted by molar-refractivity contribution is 5.97. The molecule has 15 heavy (non-hydrogen) atoms. The lowest BCUT2D eigenvalue weighted by Crippen LogP contribution is -2.13. The molecular formula is C11H16N2O2. The van der Waals surface area contributed by atoms with Gasteiger partial charge in [-0.05, 0) is 31.0 Å². The topological polar surface area (TPSA) is 67.8 Å². The first-order valence-electron chi connectivity index (χ1n) is 4.84. The number of nitrogens with two attached hydrogens (primary N) is 1. The number of nitrogens with zero attached hydrogens (tertiary/aromatic N) is 1. The van der Waals surface area contributed by atoms with Crippen LogP contribution in [0, 0.1) is 6.92 Å². The normalized spacial score (nSPS) is 11.7. The van der Waals surface area contributed by atoms with E-state index in [1.807, 2.05) is 32.0 Å². The van der Waals surface area contributed by atoms with Crippen molar-refractivity contribution in [2.75, 3.05) is 6.61 Å². The minimum Gasteiger partial charge on any atom is -0.409 e. The molecule has 0 aliphatic carbocycles. The Morgan fingerprint density at radius 3 is 2.80 bits per heavy atom. The predicted molar refractivity (Wildman–Crippen MR) is 59.0 cm³/mol. The molecule has 0 unspecified atom stereocenters. The maximum absolute atomic E-state index is 8.53. The zero-order valence-corrected chi connectivity index (χ0v) is 9.03. The molecule has 0 aliphatic rings. The summed E-state index contributed by atoms with van der Waals surface area (Å²) in [5.41, 5.74) is 8.39. The fourth-order valence-electron chi connectivity index (χ4n) is 1.29.